The van der Waals surface area contributed by atoms with Crippen LogP contribution in [0.4, 0.5) is 5.69 Å². The van der Waals surface area contributed by atoms with Gasteiger partial charge in [-0.25, -0.2) is 8.42 Å². The van der Waals surface area contributed by atoms with Crippen LogP contribution in [0.1, 0.15) is 25.7 Å². The molecule has 25 heavy (non-hydrogen) atoms. The fourth-order valence-corrected chi connectivity index (χ4v) is 4.40. The van der Waals surface area contributed by atoms with Crippen molar-refractivity contribution >= 4 is 32.3 Å². The first-order valence-electron chi connectivity index (χ1n) is 8.15. The molecule has 136 valence electrons. The molecule has 0 aliphatic rings. The van der Waals surface area contributed by atoms with Gasteiger partial charge >= 0.3 is 5.97 Å². The van der Waals surface area contributed by atoms with Crippen molar-refractivity contribution in [1.82, 2.24) is 0 Å². The highest BCUT2D eigenvalue weighted by atomic mass is 32.2. The van der Waals surface area contributed by atoms with E-state index >= 15 is 0 Å². The molecule has 0 saturated heterocycles. The minimum absolute atomic E-state index is 0.0211. The SMILES string of the molecule is CN(C)c1cccc2c(S(=O)(=O)C(N)CCCCC(=O)O)cccc12. The van der Waals surface area contributed by atoms with Crippen LogP contribution in [-0.2, 0) is 14.6 Å². The second-order valence-electron chi connectivity index (χ2n) is 6.25. The fourth-order valence-electron chi connectivity index (χ4n) is 2.84. The van der Waals surface area contributed by atoms with Gasteiger partial charge in [0.15, 0.2) is 9.84 Å². The van der Waals surface area contributed by atoms with Crippen molar-refractivity contribution < 1.29 is 18.3 Å². The van der Waals surface area contributed by atoms with Gasteiger partial charge in [0.25, 0.3) is 0 Å². The Morgan fingerprint density at radius 2 is 1.76 bits per heavy atom. The molecule has 2 rings (SSSR count). The minimum Gasteiger partial charge on any atom is -0.481 e. The summed E-state index contributed by atoms with van der Waals surface area (Å²) in [6.45, 7) is 0. The molecule has 0 bridgehead atoms. The predicted octanol–water partition coefficient (Wildman–Crippen LogP) is 2.61. The van der Waals surface area contributed by atoms with Crippen molar-refractivity contribution in [3.05, 3.63) is 36.4 Å². The summed E-state index contributed by atoms with van der Waals surface area (Å²) in [6, 6.07) is 10.7. The lowest BCUT2D eigenvalue weighted by atomic mass is 10.1. The molecule has 1 unspecified atom stereocenters. The average Bonchev–Trinajstić information content (AvgIpc) is 2.56. The van der Waals surface area contributed by atoms with Gasteiger partial charge in [0.2, 0.25) is 0 Å². The Labute approximate surface area is 148 Å². The van der Waals surface area contributed by atoms with Gasteiger partial charge in [0, 0.05) is 37.0 Å². The third kappa shape index (κ3) is 4.29. The maximum Gasteiger partial charge on any atom is 0.303 e. The molecule has 0 spiro atoms. The second kappa shape index (κ2) is 7.84. The maximum absolute atomic E-state index is 12.9. The molecular formula is C18H24N2O4S. The van der Waals surface area contributed by atoms with E-state index in [2.05, 4.69) is 0 Å². The molecule has 7 heteroatoms. The highest BCUT2D eigenvalue weighted by molar-refractivity contribution is 7.92. The zero-order valence-electron chi connectivity index (χ0n) is 14.5. The molecule has 6 nitrogen and oxygen atoms in total. The van der Waals surface area contributed by atoms with Crippen LogP contribution in [-0.4, -0.2) is 39.0 Å². The molecule has 3 N–H and O–H groups in total. The molecule has 0 aliphatic heterocycles. The fraction of sp³-hybridized carbons (Fsp3) is 0.389. The van der Waals surface area contributed by atoms with E-state index in [1.807, 2.05) is 37.2 Å². The van der Waals surface area contributed by atoms with Gasteiger partial charge < -0.3 is 15.7 Å². The summed E-state index contributed by atoms with van der Waals surface area (Å²) >= 11 is 0. The van der Waals surface area contributed by atoms with E-state index in [4.69, 9.17) is 10.8 Å². The molecule has 0 heterocycles. The van der Waals surface area contributed by atoms with Crippen molar-refractivity contribution in [2.24, 2.45) is 5.73 Å². The number of fused-ring (bicyclic) bond motifs is 1. The van der Waals surface area contributed by atoms with Crippen LogP contribution in [0, 0.1) is 0 Å². The lowest BCUT2D eigenvalue weighted by molar-refractivity contribution is -0.137. The Hall–Kier alpha value is -2.12. The van der Waals surface area contributed by atoms with Crippen molar-refractivity contribution in [3.8, 4) is 0 Å². The van der Waals surface area contributed by atoms with Gasteiger partial charge in [-0.05, 0) is 25.0 Å². The van der Waals surface area contributed by atoms with Crippen molar-refractivity contribution in [2.45, 2.75) is 36.0 Å². The summed E-state index contributed by atoms with van der Waals surface area (Å²) in [5, 5.41) is 9.11. The number of nitrogens with zero attached hydrogens (tertiary/aromatic N) is 1. The van der Waals surface area contributed by atoms with E-state index in [9.17, 15) is 13.2 Å². The first-order valence-corrected chi connectivity index (χ1v) is 9.70. The number of nitrogens with two attached hydrogens (primary N) is 1. The first kappa shape index (κ1) is 19.2. The van der Waals surface area contributed by atoms with Gasteiger partial charge in [0.05, 0.1) is 4.90 Å². The monoisotopic (exact) mass is 364 g/mol. The van der Waals surface area contributed by atoms with Crippen LogP contribution in [0.25, 0.3) is 10.8 Å². The molecule has 0 aromatic heterocycles. The average molecular weight is 364 g/mol. The summed E-state index contributed by atoms with van der Waals surface area (Å²) in [6.07, 6.45) is 1.13. The van der Waals surface area contributed by atoms with Gasteiger partial charge in [-0.3, -0.25) is 4.79 Å². The maximum atomic E-state index is 12.9. The van der Waals surface area contributed by atoms with Crippen LogP contribution < -0.4 is 10.6 Å². The van der Waals surface area contributed by atoms with Crippen LogP contribution >= 0.6 is 0 Å². The number of carboxylic acid groups (broad SMARTS) is 1. The highest BCUT2D eigenvalue weighted by Crippen LogP contribution is 2.31. The molecule has 0 radical (unpaired) electrons. The van der Waals surface area contributed by atoms with Gasteiger partial charge in [0.1, 0.15) is 5.37 Å². The number of anilines is 1. The third-order valence-corrected chi connectivity index (χ3v) is 6.18. The van der Waals surface area contributed by atoms with E-state index in [-0.39, 0.29) is 17.7 Å². The molecule has 0 amide bonds. The summed E-state index contributed by atoms with van der Waals surface area (Å²) < 4.78 is 25.8. The number of aliphatic carboxylic acids is 1. The highest BCUT2D eigenvalue weighted by Gasteiger charge is 2.25. The minimum atomic E-state index is -3.70. The molecule has 1 atom stereocenters. The lowest BCUT2D eigenvalue weighted by Crippen LogP contribution is -2.30. The Balaban J connectivity index is 2.33. The van der Waals surface area contributed by atoms with Gasteiger partial charge in [-0.1, -0.05) is 30.7 Å². The van der Waals surface area contributed by atoms with E-state index in [1.165, 1.54) is 0 Å². The normalized spacial score (nSPS) is 12.9. The number of sulfone groups is 1. The Morgan fingerprint density at radius 1 is 1.12 bits per heavy atom. The van der Waals surface area contributed by atoms with Crippen LogP contribution in [0.2, 0.25) is 0 Å². The predicted molar refractivity (Wildman–Crippen MR) is 99.5 cm³/mol. The lowest BCUT2D eigenvalue weighted by Gasteiger charge is -2.18. The molecule has 0 saturated carbocycles. The van der Waals surface area contributed by atoms with Crippen LogP contribution in [0.5, 0.6) is 0 Å². The number of carboxylic acids is 1. The molecule has 2 aromatic rings. The summed E-state index contributed by atoms with van der Waals surface area (Å²) in [4.78, 5) is 12.7. The van der Waals surface area contributed by atoms with E-state index in [1.54, 1.807) is 18.2 Å². The third-order valence-electron chi connectivity index (χ3n) is 4.18. The first-order chi connectivity index (χ1) is 11.7. The molecule has 0 aliphatic carbocycles. The number of hydrogen-bond donors (Lipinski definition) is 2. The zero-order chi connectivity index (χ0) is 18.6. The van der Waals surface area contributed by atoms with E-state index in [0.717, 1.165) is 11.1 Å². The second-order valence-corrected chi connectivity index (χ2v) is 8.38. The summed E-state index contributed by atoms with van der Waals surface area (Å²) in [7, 11) is 0.117. The summed E-state index contributed by atoms with van der Waals surface area (Å²) in [5.74, 6) is -0.887. The number of carbonyl (C=O) groups is 1. The topological polar surface area (TPSA) is 101 Å². The smallest absolute Gasteiger partial charge is 0.303 e. The molecular weight excluding hydrogens is 340 g/mol. The van der Waals surface area contributed by atoms with Gasteiger partial charge in [-0.15, -0.1) is 0 Å². The van der Waals surface area contributed by atoms with Gasteiger partial charge in [-0.2, -0.15) is 0 Å². The Bertz CT molecular complexity index is 863. The number of rotatable bonds is 8. The number of unbranched alkanes of at least 4 members (excludes halogenated alkanes) is 1. The zero-order valence-corrected chi connectivity index (χ0v) is 15.3. The standard InChI is InChI=1S/C18H24N2O4S/c1-20(2)15-9-5-8-14-13(15)7-6-10-16(14)25(23,24)17(19)11-3-4-12-18(21)22/h5-10,17H,3-4,11-12,19H2,1-2H3,(H,21,22). The van der Waals surface area contributed by atoms with Crippen LogP contribution in [0.15, 0.2) is 41.3 Å². The Morgan fingerprint density at radius 3 is 2.40 bits per heavy atom. The Kier molecular flexibility index (Phi) is 6.02. The number of hydrogen-bond acceptors (Lipinski definition) is 5. The quantitative estimate of drug-likeness (QED) is 0.698. The van der Waals surface area contributed by atoms with Crippen molar-refractivity contribution in [2.75, 3.05) is 19.0 Å². The van der Waals surface area contributed by atoms with Crippen molar-refractivity contribution in [3.63, 3.8) is 0 Å². The van der Waals surface area contributed by atoms with Crippen molar-refractivity contribution in [1.29, 1.82) is 0 Å². The largest absolute Gasteiger partial charge is 0.481 e. The number of benzene rings is 2. The van der Waals surface area contributed by atoms with Crippen LogP contribution in [0.3, 0.4) is 0 Å². The van der Waals surface area contributed by atoms with E-state index in [0.29, 0.717) is 18.2 Å². The van der Waals surface area contributed by atoms with E-state index < -0.39 is 21.2 Å². The molecule has 0 fully saturated rings. The summed E-state index contributed by atoms with van der Waals surface area (Å²) in [5.41, 5.74) is 6.88. The molecule has 2 aromatic carbocycles.